The molecule has 0 unspecified atom stereocenters. The van der Waals surface area contributed by atoms with E-state index in [1.807, 2.05) is 4.68 Å². The molecule has 0 bridgehead atoms. The first-order valence-electron chi connectivity index (χ1n) is 7.45. The molecule has 1 saturated carbocycles. The van der Waals surface area contributed by atoms with Crippen molar-refractivity contribution in [3.05, 3.63) is 11.9 Å². The Morgan fingerprint density at radius 3 is 2.89 bits per heavy atom. The van der Waals surface area contributed by atoms with E-state index in [4.69, 9.17) is 0 Å². The van der Waals surface area contributed by atoms with Crippen molar-refractivity contribution in [2.75, 3.05) is 19.6 Å². The summed E-state index contributed by atoms with van der Waals surface area (Å²) in [6, 6.07) is 0.733. The molecule has 3 rings (SSSR count). The molecule has 19 heavy (non-hydrogen) atoms. The highest BCUT2D eigenvalue weighted by atomic mass is 15.4. The van der Waals surface area contributed by atoms with Gasteiger partial charge in [-0.2, -0.15) is 0 Å². The SMILES string of the molecule is CC1(C)CCN(CCn2cc(CNC3CC3)nn2)C1. The quantitative estimate of drug-likeness (QED) is 0.839. The van der Waals surface area contributed by atoms with Crippen LogP contribution >= 0.6 is 0 Å². The largest absolute Gasteiger partial charge is 0.308 e. The minimum Gasteiger partial charge on any atom is -0.308 e. The Morgan fingerprint density at radius 2 is 2.21 bits per heavy atom. The van der Waals surface area contributed by atoms with Gasteiger partial charge in [0.2, 0.25) is 0 Å². The molecule has 1 aromatic heterocycles. The number of rotatable bonds is 6. The number of likely N-dealkylation sites (tertiary alicyclic amines) is 1. The summed E-state index contributed by atoms with van der Waals surface area (Å²) < 4.78 is 1.98. The summed E-state index contributed by atoms with van der Waals surface area (Å²) in [7, 11) is 0. The zero-order valence-corrected chi connectivity index (χ0v) is 12.1. The van der Waals surface area contributed by atoms with Gasteiger partial charge in [-0.25, -0.2) is 0 Å². The fraction of sp³-hybridized carbons (Fsp3) is 0.857. The number of hydrogen-bond donors (Lipinski definition) is 1. The third-order valence-electron chi connectivity index (χ3n) is 4.14. The van der Waals surface area contributed by atoms with Gasteiger partial charge >= 0.3 is 0 Å². The molecule has 1 N–H and O–H groups in total. The van der Waals surface area contributed by atoms with Crippen LogP contribution in [-0.4, -0.2) is 45.6 Å². The Hall–Kier alpha value is -0.940. The monoisotopic (exact) mass is 263 g/mol. The zero-order valence-electron chi connectivity index (χ0n) is 12.1. The van der Waals surface area contributed by atoms with E-state index in [1.54, 1.807) is 0 Å². The van der Waals surface area contributed by atoms with Gasteiger partial charge in [0.15, 0.2) is 0 Å². The van der Waals surface area contributed by atoms with Crippen molar-refractivity contribution in [3.63, 3.8) is 0 Å². The van der Waals surface area contributed by atoms with Gasteiger partial charge in [0, 0.05) is 31.9 Å². The van der Waals surface area contributed by atoms with Gasteiger partial charge in [-0.05, 0) is 31.2 Å². The van der Waals surface area contributed by atoms with Crippen molar-refractivity contribution < 1.29 is 0 Å². The molecule has 106 valence electrons. The lowest BCUT2D eigenvalue weighted by Crippen LogP contribution is -2.27. The molecule has 0 atom stereocenters. The summed E-state index contributed by atoms with van der Waals surface area (Å²) in [6.45, 7) is 10.0. The van der Waals surface area contributed by atoms with Crippen molar-refractivity contribution in [3.8, 4) is 0 Å². The Kier molecular flexibility index (Phi) is 3.58. The van der Waals surface area contributed by atoms with Crippen LogP contribution in [0.2, 0.25) is 0 Å². The Labute approximate surface area is 115 Å². The minimum absolute atomic E-state index is 0.488. The van der Waals surface area contributed by atoms with Crippen molar-refractivity contribution >= 4 is 0 Å². The molecule has 5 nitrogen and oxygen atoms in total. The lowest BCUT2D eigenvalue weighted by atomic mass is 9.93. The van der Waals surface area contributed by atoms with Crippen molar-refractivity contribution in [2.24, 2.45) is 5.41 Å². The maximum atomic E-state index is 4.22. The first-order chi connectivity index (χ1) is 9.11. The van der Waals surface area contributed by atoms with E-state index in [0.717, 1.165) is 31.4 Å². The van der Waals surface area contributed by atoms with Crippen LogP contribution < -0.4 is 5.32 Å². The van der Waals surface area contributed by atoms with Crippen LogP contribution in [0.15, 0.2) is 6.20 Å². The van der Waals surface area contributed by atoms with Gasteiger partial charge in [-0.15, -0.1) is 5.10 Å². The first-order valence-corrected chi connectivity index (χ1v) is 7.45. The average Bonchev–Trinajstić information content (AvgIpc) is 2.98. The highest BCUT2D eigenvalue weighted by molar-refractivity contribution is 4.94. The minimum atomic E-state index is 0.488. The number of nitrogens with one attached hydrogen (secondary N) is 1. The van der Waals surface area contributed by atoms with E-state index in [2.05, 4.69) is 40.6 Å². The summed E-state index contributed by atoms with van der Waals surface area (Å²) >= 11 is 0. The van der Waals surface area contributed by atoms with Gasteiger partial charge in [0.05, 0.1) is 12.2 Å². The second-order valence-electron chi connectivity index (χ2n) is 6.82. The van der Waals surface area contributed by atoms with Gasteiger partial charge in [-0.3, -0.25) is 4.68 Å². The van der Waals surface area contributed by atoms with E-state index in [1.165, 1.54) is 32.4 Å². The highest BCUT2D eigenvalue weighted by Crippen LogP contribution is 2.28. The molecule has 0 spiro atoms. The van der Waals surface area contributed by atoms with Crippen LogP contribution in [-0.2, 0) is 13.1 Å². The molecule has 1 aromatic rings. The van der Waals surface area contributed by atoms with E-state index in [9.17, 15) is 0 Å². The molecular weight excluding hydrogens is 238 g/mol. The van der Waals surface area contributed by atoms with Crippen LogP contribution in [0.1, 0.15) is 38.8 Å². The molecule has 1 aliphatic carbocycles. The second-order valence-corrected chi connectivity index (χ2v) is 6.82. The molecule has 1 saturated heterocycles. The van der Waals surface area contributed by atoms with Gasteiger partial charge in [0.25, 0.3) is 0 Å². The summed E-state index contributed by atoms with van der Waals surface area (Å²) in [4.78, 5) is 2.53. The predicted octanol–water partition coefficient (Wildman–Crippen LogP) is 1.26. The molecule has 0 amide bonds. The van der Waals surface area contributed by atoms with Gasteiger partial charge < -0.3 is 10.2 Å². The fourth-order valence-electron chi connectivity index (χ4n) is 2.72. The Morgan fingerprint density at radius 1 is 1.37 bits per heavy atom. The zero-order chi connectivity index (χ0) is 13.3. The van der Waals surface area contributed by atoms with Crippen molar-refractivity contribution in [2.45, 2.75) is 52.2 Å². The molecule has 2 heterocycles. The average molecular weight is 263 g/mol. The topological polar surface area (TPSA) is 46.0 Å². The third-order valence-corrected chi connectivity index (χ3v) is 4.14. The number of aromatic nitrogens is 3. The van der Waals surface area contributed by atoms with E-state index >= 15 is 0 Å². The molecule has 0 aromatic carbocycles. The third kappa shape index (κ3) is 3.76. The van der Waals surface area contributed by atoms with Crippen molar-refractivity contribution in [1.82, 2.24) is 25.2 Å². The van der Waals surface area contributed by atoms with Gasteiger partial charge in [-0.1, -0.05) is 19.1 Å². The van der Waals surface area contributed by atoms with Gasteiger partial charge in [0.1, 0.15) is 0 Å². The summed E-state index contributed by atoms with van der Waals surface area (Å²) in [5.74, 6) is 0. The van der Waals surface area contributed by atoms with Crippen LogP contribution in [0.25, 0.3) is 0 Å². The molecule has 2 aliphatic rings. The standard InChI is InChI=1S/C14H25N5/c1-14(2)5-6-18(11-14)7-8-19-10-13(16-17-19)9-15-12-3-4-12/h10,12,15H,3-9,11H2,1-2H3. The predicted molar refractivity (Wildman–Crippen MR) is 74.7 cm³/mol. The van der Waals surface area contributed by atoms with Crippen LogP contribution in [0, 0.1) is 5.41 Å². The fourth-order valence-corrected chi connectivity index (χ4v) is 2.72. The second kappa shape index (κ2) is 5.21. The molecule has 0 radical (unpaired) electrons. The molecule has 2 fully saturated rings. The smallest absolute Gasteiger partial charge is 0.0964 e. The molecule has 5 heteroatoms. The van der Waals surface area contributed by atoms with E-state index in [0.29, 0.717) is 5.41 Å². The highest BCUT2D eigenvalue weighted by Gasteiger charge is 2.28. The van der Waals surface area contributed by atoms with Crippen LogP contribution in [0.4, 0.5) is 0 Å². The van der Waals surface area contributed by atoms with E-state index < -0.39 is 0 Å². The first kappa shape index (κ1) is 13.1. The maximum absolute atomic E-state index is 4.22. The summed E-state index contributed by atoms with van der Waals surface area (Å²) in [5.41, 5.74) is 1.55. The lowest BCUT2D eigenvalue weighted by molar-refractivity contribution is 0.276. The maximum Gasteiger partial charge on any atom is 0.0964 e. The lowest BCUT2D eigenvalue weighted by Gasteiger charge is -2.19. The number of hydrogen-bond acceptors (Lipinski definition) is 4. The summed E-state index contributed by atoms with van der Waals surface area (Å²) in [5, 5.41) is 11.9. The Bertz CT molecular complexity index is 421. The van der Waals surface area contributed by atoms with Crippen LogP contribution in [0.5, 0.6) is 0 Å². The molecular formula is C14H25N5. The van der Waals surface area contributed by atoms with Crippen LogP contribution in [0.3, 0.4) is 0 Å². The Balaban J connectivity index is 1.42. The summed E-state index contributed by atoms with van der Waals surface area (Å²) in [6.07, 6.45) is 6.02. The number of nitrogens with zero attached hydrogens (tertiary/aromatic N) is 4. The normalized spacial score (nSPS) is 23.1. The molecule has 1 aliphatic heterocycles. The van der Waals surface area contributed by atoms with Crippen molar-refractivity contribution in [1.29, 1.82) is 0 Å². The van der Waals surface area contributed by atoms with E-state index in [-0.39, 0.29) is 0 Å².